The Morgan fingerprint density at radius 1 is 1.15 bits per heavy atom. The molecule has 2 aromatic carbocycles. The lowest BCUT2D eigenvalue weighted by molar-refractivity contribution is -0.122. The maximum absolute atomic E-state index is 13.0. The van der Waals surface area contributed by atoms with Crippen LogP contribution in [0.15, 0.2) is 42.5 Å². The van der Waals surface area contributed by atoms with Crippen molar-refractivity contribution in [3.05, 3.63) is 64.3 Å². The number of hydrogen-bond donors (Lipinski definition) is 2. The van der Waals surface area contributed by atoms with Crippen LogP contribution in [0.3, 0.4) is 0 Å². The number of aryl methyl sites for hydroxylation is 2. The zero-order valence-electron chi connectivity index (χ0n) is 19.4. The second-order valence-electron chi connectivity index (χ2n) is 9.41. The molecule has 0 radical (unpaired) electrons. The summed E-state index contributed by atoms with van der Waals surface area (Å²) in [6.45, 7) is 8.01. The predicted molar refractivity (Wildman–Crippen MR) is 136 cm³/mol. The number of hydrogen-bond acceptors (Lipinski definition) is 3. The van der Waals surface area contributed by atoms with Gasteiger partial charge in [0.1, 0.15) is 0 Å². The third-order valence-electron chi connectivity index (χ3n) is 7.27. The smallest absolute Gasteiger partial charge is 0.229 e. The molecule has 1 aromatic heterocycles. The van der Waals surface area contributed by atoms with Gasteiger partial charge in [0, 0.05) is 60.0 Å². The molecule has 33 heavy (non-hydrogen) atoms. The molecule has 0 unspecified atom stereocenters. The monoisotopic (exact) mass is 464 g/mol. The number of piperazine rings is 1. The van der Waals surface area contributed by atoms with Crippen LogP contribution in [0.2, 0.25) is 5.02 Å². The summed E-state index contributed by atoms with van der Waals surface area (Å²) >= 11 is 6.21. The second-order valence-corrected chi connectivity index (χ2v) is 9.85. The Morgan fingerprint density at radius 2 is 1.97 bits per heavy atom. The molecule has 1 amide bonds. The van der Waals surface area contributed by atoms with Gasteiger partial charge in [-0.25, -0.2) is 0 Å². The standard InChI is InChI=1S/C27H33ClN4O/c1-19-10-11-20(28)18-25(19)32-16-14-31(15-17-32)13-5-12-29-27(33)23-8-4-7-22-21-6-2-3-9-24(21)30-26(22)23/h2-3,6,9-11,18,23,30H,4-5,7-8,12-17H2,1H3,(H,29,33)/t23-/m1/s1. The van der Waals surface area contributed by atoms with Crippen molar-refractivity contribution < 1.29 is 4.79 Å². The van der Waals surface area contributed by atoms with E-state index in [1.807, 2.05) is 6.07 Å². The van der Waals surface area contributed by atoms with Crippen LogP contribution in [0.4, 0.5) is 5.69 Å². The van der Waals surface area contributed by atoms with Crippen LogP contribution in [-0.2, 0) is 11.2 Å². The van der Waals surface area contributed by atoms with Gasteiger partial charge >= 0.3 is 0 Å². The normalized spacial score (nSPS) is 19.0. The minimum atomic E-state index is -0.0503. The lowest BCUT2D eigenvalue weighted by Gasteiger charge is -2.37. The molecule has 1 saturated heterocycles. The Hall–Kier alpha value is -2.50. The van der Waals surface area contributed by atoms with E-state index in [1.165, 1.54) is 22.2 Å². The van der Waals surface area contributed by atoms with E-state index in [-0.39, 0.29) is 11.8 Å². The summed E-state index contributed by atoms with van der Waals surface area (Å²) in [5, 5.41) is 5.29. The summed E-state index contributed by atoms with van der Waals surface area (Å²) in [4.78, 5) is 21.4. The SMILES string of the molecule is Cc1ccc(Cl)cc1N1CCN(CCCNC(=O)[C@@H]2CCCc3c2[nH]c2ccccc32)CC1. The maximum Gasteiger partial charge on any atom is 0.229 e. The number of amides is 1. The molecule has 6 heteroatoms. The molecule has 1 aliphatic carbocycles. The van der Waals surface area contributed by atoms with Crippen molar-refractivity contribution in [2.24, 2.45) is 0 Å². The first-order valence-electron chi connectivity index (χ1n) is 12.2. The van der Waals surface area contributed by atoms with Gasteiger partial charge in [0.05, 0.1) is 5.92 Å². The van der Waals surface area contributed by atoms with Crippen LogP contribution >= 0.6 is 11.6 Å². The van der Waals surface area contributed by atoms with Gasteiger partial charge in [0.15, 0.2) is 0 Å². The number of carbonyl (C=O) groups excluding carboxylic acids is 1. The molecule has 1 aliphatic heterocycles. The molecule has 1 fully saturated rings. The highest BCUT2D eigenvalue weighted by atomic mass is 35.5. The number of para-hydroxylation sites is 1. The van der Waals surface area contributed by atoms with E-state index in [1.54, 1.807) is 0 Å². The average Bonchev–Trinajstić information content (AvgIpc) is 3.22. The fourth-order valence-corrected chi connectivity index (χ4v) is 5.62. The fourth-order valence-electron chi connectivity index (χ4n) is 5.45. The number of fused-ring (bicyclic) bond motifs is 3. The van der Waals surface area contributed by atoms with E-state index in [4.69, 9.17) is 11.6 Å². The number of rotatable bonds is 6. The molecular formula is C27H33ClN4O. The van der Waals surface area contributed by atoms with Crippen LogP contribution in [0, 0.1) is 6.92 Å². The number of anilines is 1. The molecule has 3 aromatic rings. The summed E-state index contributed by atoms with van der Waals surface area (Å²) in [6, 6.07) is 14.5. The van der Waals surface area contributed by atoms with Crippen molar-refractivity contribution in [2.45, 2.75) is 38.5 Å². The first-order chi connectivity index (χ1) is 16.1. The van der Waals surface area contributed by atoms with E-state index in [0.29, 0.717) is 0 Å². The number of H-pyrrole nitrogens is 1. The minimum Gasteiger partial charge on any atom is -0.369 e. The lowest BCUT2D eigenvalue weighted by atomic mass is 9.86. The van der Waals surface area contributed by atoms with Gasteiger partial charge in [-0.05, 0) is 68.5 Å². The molecule has 2 aliphatic rings. The van der Waals surface area contributed by atoms with Crippen molar-refractivity contribution >= 4 is 34.1 Å². The zero-order chi connectivity index (χ0) is 22.8. The van der Waals surface area contributed by atoms with Crippen molar-refractivity contribution in [3.63, 3.8) is 0 Å². The average molecular weight is 465 g/mol. The van der Waals surface area contributed by atoms with Gasteiger partial charge in [-0.2, -0.15) is 0 Å². The highest BCUT2D eigenvalue weighted by Gasteiger charge is 2.29. The van der Waals surface area contributed by atoms with Crippen LogP contribution in [0.25, 0.3) is 10.9 Å². The van der Waals surface area contributed by atoms with Crippen LogP contribution < -0.4 is 10.2 Å². The molecule has 1 atom stereocenters. The van der Waals surface area contributed by atoms with E-state index in [9.17, 15) is 4.79 Å². The van der Waals surface area contributed by atoms with Gasteiger partial charge in [-0.1, -0.05) is 35.9 Å². The Morgan fingerprint density at radius 3 is 2.82 bits per heavy atom. The third-order valence-corrected chi connectivity index (χ3v) is 7.50. The van der Waals surface area contributed by atoms with Crippen LogP contribution in [-0.4, -0.2) is 55.1 Å². The molecular weight excluding hydrogens is 432 g/mol. The number of nitrogens with one attached hydrogen (secondary N) is 2. The predicted octanol–water partition coefficient (Wildman–Crippen LogP) is 4.88. The van der Waals surface area contributed by atoms with E-state index < -0.39 is 0 Å². The summed E-state index contributed by atoms with van der Waals surface area (Å²) in [7, 11) is 0. The third kappa shape index (κ3) is 4.75. The molecule has 5 rings (SSSR count). The maximum atomic E-state index is 13.0. The molecule has 0 bridgehead atoms. The second kappa shape index (κ2) is 9.78. The summed E-state index contributed by atoms with van der Waals surface area (Å²) in [5.74, 6) is 0.120. The Balaban J connectivity index is 1.09. The number of carbonyl (C=O) groups is 1. The highest BCUT2D eigenvalue weighted by Crippen LogP contribution is 2.36. The topological polar surface area (TPSA) is 51.4 Å². The van der Waals surface area contributed by atoms with Crippen molar-refractivity contribution in [1.82, 2.24) is 15.2 Å². The lowest BCUT2D eigenvalue weighted by Crippen LogP contribution is -2.47. The fraction of sp³-hybridized carbons (Fsp3) is 0.444. The van der Waals surface area contributed by atoms with E-state index in [0.717, 1.165) is 81.2 Å². The molecule has 2 N–H and O–H groups in total. The number of aromatic amines is 1. The van der Waals surface area contributed by atoms with Gasteiger partial charge in [-0.15, -0.1) is 0 Å². The number of halogens is 1. The molecule has 2 heterocycles. The van der Waals surface area contributed by atoms with Gasteiger partial charge in [-0.3, -0.25) is 9.69 Å². The molecule has 0 saturated carbocycles. The summed E-state index contributed by atoms with van der Waals surface area (Å²) in [5.41, 5.74) is 6.14. The number of aromatic nitrogens is 1. The largest absolute Gasteiger partial charge is 0.369 e. The van der Waals surface area contributed by atoms with Crippen molar-refractivity contribution in [1.29, 1.82) is 0 Å². The molecule has 0 spiro atoms. The van der Waals surface area contributed by atoms with Crippen LogP contribution in [0.1, 0.15) is 42.0 Å². The van der Waals surface area contributed by atoms with Crippen molar-refractivity contribution in [2.75, 3.05) is 44.2 Å². The van der Waals surface area contributed by atoms with Gasteiger partial charge < -0.3 is 15.2 Å². The zero-order valence-corrected chi connectivity index (χ0v) is 20.1. The van der Waals surface area contributed by atoms with E-state index in [2.05, 4.69) is 63.4 Å². The highest BCUT2D eigenvalue weighted by molar-refractivity contribution is 6.30. The van der Waals surface area contributed by atoms with E-state index >= 15 is 0 Å². The Labute approximate surface area is 201 Å². The molecule has 5 nitrogen and oxygen atoms in total. The Kier molecular flexibility index (Phi) is 6.61. The summed E-state index contributed by atoms with van der Waals surface area (Å²) < 4.78 is 0. The minimum absolute atomic E-state index is 0.0503. The van der Waals surface area contributed by atoms with Gasteiger partial charge in [0.25, 0.3) is 0 Å². The van der Waals surface area contributed by atoms with Crippen LogP contribution in [0.5, 0.6) is 0 Å². The Bertz CT molecular complexity index is 1130. The first kappa shape index (κ1) is 22.3. The molecule has 174 valence electrons. The summed E-state index contributed by atoms with van der Waals surface area (Å²) in [6.07, 6.45) is 4.04. The quantitative estimate of drug-likeness (QED) is 0.511. The number of benzene rings is 2. The number of nitrogens with zero attached hydrogens (tertiary/aromatic N) is 2. The van der Waals surface area contributed by atoms with Crippen molar-refractivity contribution in [3.8, 4) is 0 Å². The van der Waals surface area contributed by atoms with Gasteiger partial charge in [0.2, 0.25) is 5.91 Å². The first-order valence-corrected chi connectivity index (χ1v) is 12.6.